The molecule has 0 bridgehead atoms. The zero-order valence-corrected chi connectivity index (χ0v) is 21.0. The van der Waals surface area contributed by atoms with Crippen molar-refractivity contribution in [3.05, 3.63) is 59.2 Å². The quantitative estimate of drug-likeness (QED) is 0.467. The van der Waals surface area contributed by atoms with Crippen molar-refractivity contribution in [2.45, 2.75) is 64.9 Å². The van der Waals surface area contributed by atoms with Gasteiger partial charge in [-0.05, 0) is 85.6 Å². The minimum absolute atomic E-state index is 0.201. The number of methoxy groups -OCH3 is 1. The van der Waals surface area contributed by atoms with Crippen LogP contribution in [0, 0.1) is 23.2 Å². The fourth-order valence-electron chi connectivity index (χ4n) is 7.12. The largest absolute Gasteiger partial charge is 0.493 e. The van der Waals surface area contributed by atoms with Crippen molar-refractivity contribution in [3.63, 3.8) is 0 Å². The van der Waals surface area contributed by atoms with Crippen LogP contribution >= 0.6 is 0 Å². The molecule has 3 aliphatic rings. The van der Waals surface area contributed by atoms with Crippen LogP contribution in [0.15, 0.2) is 42.5 Å². The van der Waals surface area contributed by atoms with E-state index in [1.165, 1.54) is 11.1 Å². The van der Waals surface area contributed by atoms with E-state index in [1.807, 2.05) is 25.1 Å². The molecule has 0 heterocycles. The first-order chi connectivity index (χ1) is 16.9. The highest BCUT2D eigenvalue weighted by Gasteiger charge is 2.58. The highest BCUT2D eigenvalue weighted by Crippen LogP contribution is 2.61. The molecule has 3 aliphatic carbocycles. The molecule has 2 aromatic rings. The summed E-state index contributed by atoms with van der Waals surface area (Å²) in [4.78, 5) is 25.6. The lowest BCUT2D eigenvalue weighted by Crippen LogP contribution is -2.42. The molecule has 35 heavy (non-hydrogen) atoms. The molecular weight excluding hydrogens is 440 g/mol. The summed E-state index contributed by atoms with van der Waals surface area (Å²) in [6.07, 6.45) is 4.96. The summed E-state index contributed by atoms with van der Waals surface area (Å²) in [6, 6.07) is 14.5. The second-order valence-electron chi connectivity index (χ2n) is 10.7. The molecule has 0 amide bonds. The molecule has 5 atom stereocenters. The molecule has 0 saturated heterocycles. The fraction of sp³-hybridized carbons (Fsp3) is 0.533. The molecule has 4 unspecified atom stereocenters. The van der Waals surface area contributed by atoms with Crippen LogP contribution in [0.3, 0.4) is 0 Å². The van der Waals surface area contributed by atoms with E-state index in [2.05, 4.69) is 31.2 Å². The number of Topliss-reactive ketones (excluding diaryl/α,β-unsaturated/α-hetero) is 1. The normalized spacial score (nSPS) is 29.1. The Morgan fingerprint density at radius 2 is 1.91 bits per heavy atom. The Morgan fingerprint density at radius 3 is 2.66 bits per heavy atom. The molecule has 5 heteroatoms. The Balaban J connectivity index is 1.37. The molecule has 5 nitrogen and oxygen atoms in total. The number of ketones is 1. The first kappa shape index (κ1) is 23.9. The van der Waals surface area contributed by atoms with Gasteiger partial charge < -0.3 is 14.2 Å². The first-order valence-electron chi connectivity index (χ1n) is 13.0. The Morgan fingerprint density at radius 1 is 1.11 bits per heavy atom. The van der Waals surface area contributed by atoms with Gasteiger partial charge in [0.25, 0.3) is 0 Å². The lowest BCUT2D eigenvalue weighted by atomic mass is 9.55. The van der Waals surface area contributed by atoms with E-state index in [1.54, 1.807) is 7.11 Å². The molecular formula is C30H36O5. The summed E-state index contributed by atoms with van der Waals surface area (Å²) in [5, 5.41) is 0. The van der Waals surface area contributed by atoms with Crippen molar-refractivity contribution in [1.29, 1.82) is 0 Å². The second kappa shape index (κ2) is 9.67. The van der Waals surface area contributed by atoms with Gasteiger partial charge in [-0.2, -0.15) is 0 Å². The van der Waals surface area contributed by atoms with Gasteiger partial charge in [-0.15, -0.1) is 0 Å². The average molecular weight is 477 g/mol. The number of ether oxygens (including phenoxy) is 3. The van der Waals surface area contributed by atoms with Gasteiger partial charge >= 0.3 is 5.97 Å². The summed E-state index contributed by atoms with van der Waals surface area (Å²) in [7, 11) is 1.70. The molecule has 5 rings (SSSR count). The predicted molar refractivity (Wildman–Crippen MR) is 134 cm³/mol. The Bertz CT molecular complexity index is 1090. The molecule has 186 valence electrons. The SMILES string of the molecule is CCOC(=O)CC1CC2C3CCc4cc(OCc5ccccc5)c(OC)cc4C3CC[C@]2(C)C1=O. The third kappa shape index (κ3) is 4.34. The number of rotatable bonds is 7. The number of esters is 1. The number of aryl methyl sites for hydroxylation is 1. The van der Waals surface area contributed by atoms with Crippen molar-refractivity contribution in [3.8, 4) is 11.5 Å². The van der Waals surface area contributed by atoms with E-state index < -0.39 is 0 Å². The maximum Gasteiger partial charge on any atom is 0.306 e. The van der Waals surface area contributed by atoms with Crippen molar-refractivity contribution in [2.75, 3.05) is 13.7 Å². The summed E-state index contributed by atoms with van der Waals surface area (Å²) in [5.74, 6) is 2.60. The van der Waals surface area contributed by atoms with Crippen LogP contribution in [0.5, 0.6) is 11.5 Å². The minimum atomic E-state index is -0.321. The predicted octanol–water partition coefficient (Wildman–Crippen LogP) is 5.88. The minimum Gasteiger partial charge on any atom is -0.493 e. The average Bonchev–Trinajstić information content (AvgIpc) is 3.12. The van der Waals surface area contributed by atoms with E-state index >= 15 is 0 Å². The van der Waals surface area contributed by atoms with Crippen LogP contribution in [-0.4, -0.2) is 25.5 Å². The lowest BCUT2D eigenvalue weighted by Gasteiger charge is -2.48. The van der Waals surface area contributed by atoms with E-state index in [-0.39, 0.29) is 29.5 Å². The van der Waals surface area contributed by atoms with E-state index in [0.717, 1.165) is 49.2 Å². The zero-order valence-electron chi connectivity index (χ0n) is 21.0. The maximum atomic E-state index is 13.4. The molecule has 0 radical (unpaired) electrons. The molecule has 2 saturated carbocycles. The number of hydrogen-bond donors (Lipinski definition) is 0. The van der Waals surface area contributed by atoms with Gasteiger partial charge in [0, 0.05) is 11.3 Å². The summed E-state index contributed by atoms with van der Waals surface area (Å²) in [5.41, 5.74) is 3.50. The maximum absolute atomic E-state index is 13.4. The van der Waals surface area contributed by atoms with Crippen molar-refractivity contribution >= 4 is 11.8 Å². The van der Waals surface area contributed by atoms with Crippen molar-refractivity contribution in [2.24, 2.45) is 23.2 Å². The van der Waals surface area contributed by atoms with Gasteiger partial charge in [0.15, 0.2) is 11.5 Å². The highest BCUT2D eigenvalue weighted by atomic mass is 16.5. The second-order valence-corrected chi connectivity index (χ2v) is 10.7. The Kier molecular flexibility index (Phi) is 6.61. The topological polar surface area (TPSA) is 61.8 Å². The summed E-state index contributed by atoms with van der Waals surface area (Å²) < 4.78 is 17.1. The Labute approximate surface area is 208 Å². The standard InChI is InChI=1S/C30H36O5/c1-4-34-28(31)16-21-14-25-23-11-10-20-15-27(35-18-19-8-6-5-7-9-19)26(33-3)17-24(20)22(23)12-13-30(25,2)29(21)32/h5-9,15,17,21-23,25H,4,10-14,16,18H2,1-3H3/t21?,22?,23?,25?,30-/m0/s1. The van der Waals surface area contributed by atoms with E-state index in [0.29, 0.717) is 31.0 Å². The fourth-order valence-corrected chi connectivity index (χ4v) is 7.12. The molecule has 0 aliphatic heterocycles. The van der Waals surface area contributed by atoms with Gasteiger partial charge in [-0.3, -0.25) is 9.59 Å². The van der Waals surface area contributed by atoms with Crippen molar-refractivity contribution < 1.29 is 23.8 Å². The summed E-state index contributed by atoms with van der Waals surface area (Å²) >= 11 is 0. The van der Waals surface area contributed by atoms with E-state index in [9.17, 15) is 9.59 Å². The van der Waals surface area contributed by atoms with Gasteiger partial charge in [-0.25, -0.2) is 0 Å². The van der Waals surface area contributed by atoms with Crippen LogP contribution in [0.1, 0.15) is 68.6 Å². The highest BCUT2D eigenvalue weighted by molar-refractivity contribution is 5.92. The summed E-state index contributed by atoms with van der Waals surface area (Å²) in [6.45, 7) is 4.83. The van der Waals surface area contributed by atoms with Crippen LogP contribution < -0.4 is 9.47 Å². The number of carbonyl (C=O) groups excluding carboxylic acids is 2. The molecule has 2 fully saturated rings. The van der Waals surface area contributed by atoms with Crippen molar-refractivity contribution in [1.82, 2.24) is 0 Å². The van der Waals surface area contributed by atoms with Crippen LogP contribution in [0.4, 0.5) is 0 Å². The van der Waals surface area contributed by atoms with Gasteiger partial charge in [0.05, 0.1) is 20.1 Å². The number of carbonyl (C=O) groups is 2. The lowest BCUT2D eigenvalue weighted by molar-refractivity contribution is -0.146. The van der Waals surface area contributed by atoms with Crippen LogP contribution in [0.25, 0.3) is 0 Å². The first-order valence-corrected chi connectivity index (χ1v) is 13.0. The molecule has 0 aromatic heterocycles. The number of fused-ring (bicyclic) bond motifs is 5. The third-order valence-electron chi connectivity index (χ3n) is 8.83. The number of hydrogen-bond acceptors (Lipinski definition) is 5. The van der Waals surface area contributed by atoms with Gasteiger partial charge in [-0.1, -0.05) is 37.3 Å². The molecule has 0 N–H and O–H groups in total. The molecule has 0 spiro atoms. The van der Waals surface area contributed by atoms with Gasteiger partial charge in [0.2, 0.25) is 0 Å². The molecule has 2 aromatic carbocycles. The van der Waals surface area contributed by atoms with Gasteiger partial charge in [0.1, 0.15) is 12.4 Å². The van der Waals surface area contributed by atoms with Crippen LogP contribution in [-0.2, 0) is 27.4 Å². The number of benzene rings is 2. The smallest absolute Gasteiger partial charge is 0.306 e. The zero-order chi connectivity index (χ0) is 24.6. The third-order valence-corrected chi connectivity index (χ3v) is 8.83. The Hall–Kier alpha value is -2.82. The monoisotopic (exact) mass is 476 g/mol. The van der Waals surface area contributed by atoms with E-state index in [4.69, 9.17) is 14.2 Å². The van der Waals surface area contributed by atoms with Crippen LogP contribution in [0.2, 0.25) is 0 Å².